The van der Waals surface area contributed by atoms with E-state index in [1.165, 1.54) is 11.2 Å². The summed E-state index contributed by atoms with van der Waals surface area (Å²) in [7, 11) is 0. The number of hydrogen-bond acceptors (Lipinski definition) is 7. The molecule has 4 heterocycles. The zero-order valence-corrected chi connectivity index (χ0v) is 16.6. The van der Waals surface area contributed by atoms with Crippen molar-refractivity contribution in [2.75, 3.05) is 44.2 Å². The highest BCUT2D eigenvalue weighted by Gasteiger charge is 2.29. The highest BCUT2D eigenvalue weighted by Crippen LogP contribution is 2.24. The molecule has 0 atom stereocenters. The van der Waals surface area contributed by atoms with Gasteiger partial charge in [-0.05, 0) is 0 Å². The van der Waals surface area contributed by atoms with E-state index < -0.39 is 0 Å². The molecule has 2 aromatic heterocycles. The van der Waals surface area contributed by atoms with Gasteiger partial charge in [-0.1, -0.05) is 30.3 Å². The molecule has 0 saturated carbocycles. The SMILES string of the molecule is O=C1CCC(=O)N1CCN1CCN(c2cc(-c3ccccc3)nc3ncnn23)CC1. The molecule has 0 N–H and O–H groups in total. The van der Waals surface area contributed by atoms with E-state index in [0.29, 0.717) is 25.2 Å². The third-order valence-electron chi connectivity index (χ3n) is 5.79. The van der Waals surface area contributed by atoms with Crippen LogP contribution in [0.25, 0.3) is 17.0 Å². The Labute approximate surface area is 173 Å². The second-order valence-electron chi connectivity index (χ2n) is 7.61. The molecule has 3 aromatic rings. The number of rotatable bonds is 5. The second-order valence-corrected chi connectivity index (χ2v) is 7.61. The number of fused-ring (bicyclic) bond motifs is 1. The van der Waals surface area contributed by atoms with E-state index in [4.69, 9.17) is 0 Å². The number of imide groups is 1. The lowest BCUT2D eigenvalue weighted by molar-refractivity contribution is -0.138. The number of anilines is 1. The predicted molar refractivity (Wildman–Crippen MR) is 111 cm³/mol. The fourth-order valence-corrected chi connectivity index (χ4v) is 4.09. The Balaban J connectivity index is 1.29. The van der Waals surface area contributed by atoms with E-state index in [1.54, 1.807) is 4.52 Å². The normalized spacial score (nSPS) is 18.0. The van der Waals surface area contributed by atoms with Crippen molar-refractivity contribution in [3.8, 4) is 11.3 Å². The van der Waals surface area contributed by atoms with Crippen LogP contribution in [0.3, 0.4) is 0 Å². The van der Waals surface area contributed by atoms with Gasteiger partial charge in [0.05, 0.1) is 5.69 Å². The minimum atomic E-state index is -0.0440. The molecule has 5 rings (SSSR count). The molecular formula is C21H23N7O2. The molecular weight excluding hydrogens is 382 g/mol. The lowest BCUT2D eigenvalue weighted by Crippen LogP contribution is -2.49. The Bertz CT molecular complexity index is 1060. The molecule has 2 amide bonds. The van der Waals surface area contributed by atoms with Gasteiger partial charge >= 0.3 is 0 Å². The highest BCUT2D eigenvalue weighted by molar-refractivity contribution is 6.01. The monoisotopic (exact) mass is 405 g/mol. The van der Waals surface area contributed by atoms with Crippen molar-refractivity contribution >= 4 is 23.4 Å². The molecule has 2 saturated heterocycles. The number of amides is 2. The summed E-state index contributed by atoms with van der Waals surface area (Å²) in [6.45, 7) is 4.57. The first-order valence-electron chi connectivity index (χ1n) is 10.3. The zero-order chi connectivity index (χ0) is 20.5. The first-order valence-corrected chi connectivity index (χ1v) is 10.3. The molecule has 30 heavy (non-hydrogen) atoms. The first kappa shape index (κ1) is 18.7. The Morgan fingerprint density at radius 1 is 0.900 bits per heavy atom. The third kappa shape index (κ3) is 3.52. The maximum absolute atomic E-state index is 11.8. The summed E-state index contributed by atoms with van der Waals surface area (Å²) in [5.41, 5.74) is 1.92. The minimum absolute atomic E-state index is 0.0440. The fourth-order valence-electron chi connectivity index (χ4n) is 4.09. The number of carbonyl (C=O) groups is 2. The molecule has 1 aromatic carbocycles. The molecule has 2 fully saturated rings. The summed E-state index contributed by atoms with van der Waals surface area (Å²) in [6.07, 6.45) is 2.24. The molecule has 0 bridgehead atoms. The van der Waals surface area contributed by atoms with Crippen molar-refractivity contribution in [1.29, 1.82) is 0 Å². The molecule has 9 nitrogen and oxygen atoms in total. The summed E-state index contributed by atoms with van der Waals surface area (Å²) in [5.74, 6) is 1.47. The number of likely N-dealkylation sites (tertiary alicyclic amines) is 1. The van der Waals surface area contributed by atoms with Gasteiger partial charge in [-0.15, -0.1) is 0 Å². The Morgan fingerprint density at radius 3 is 2.37 bits per heavy atom. The lowest BCUT2D eigenvalue weighted by Gasteiger charge is -2.36. The van der Waals surface area contributed by atoms with Gasteiger partial charge in [0.2, 0.25) is 11.8 Å². The Hall–Kier alpha value is -3.33. The van der Waals surface area contributed by atoms with Crippen LogP contribution in [-0.2, 0) is 9.59 Å². The van der Waals surface area contributed by atoms with Gasteiger partial charge in [0.1, 0.15) is 12.1 Å². The van der Waals surface area contributed by atoms with Gasteiger partial charge in [-0.25, -0.2) is 4.98 Å². The van der Waals surface area contributed by atoms with E-state index in [-0.39, 0.29) is 11.8 Å². The van der Waals surface area contributed by atoms with Crippen LogP contribution in [0.5, 0.6) is 0 Å². The zero-order valence-electron chi connectivity index (χ0n) is 16.6. The van der Waals surface area contributed by atoms with E-state index in [9.17, 15) is 9.59 Å². The maximum atomic E-state index is 11.8. The van der Waals surface area contributed by atoms with Crippen LogP contribution in [-0.4, -0.2) is 80.5 Å². The number of benzene rings is 1. The molecule has 2 aliphatic heterocycles. The summed E-state index contributed by atoms with van der Waals surface area (Å²) in [4.78, 5) is 38.5. The average molecular weight is 405 g/mol. The highest BCUT2D eigenvalue weighted by atomic mass is 16.2. The van der Waals surface area contributed by atoms with E-state index in [0.717, 1.165) is 49.8 Å². The van der Waals surface area contributed by atoms with Crippen molar-refractivity contribution in [3.05, 3.63) is 42.7 Å². The molecule has 0 spiro atoms. The third-order valence-corrected chi connectivity index (χ3v) is 5.79. The molecule has 0 radical (unpaired) electrons. The van der Waals surface area contributed by atoms with Crippen molar-refractivity contribution in [2.45, 2.75) is 12.8 Å². The van der Waals surface area contributed by atoms with Gasteiger partial charge < -0.3 is 4.90 Å². The summed E-state index contributed by atoms with van der Waals surface area (Å²) >= 11 is 0. The number of nitrogens with zero attached hydrogens (tertiary/aromatic N) is 7. The summed E-state index contributed by atoms with van der Waals surface area (Å²) in [6, 6.07) is 12.1. The van der Waals surface area contributed by atoms with Crippen LogP contribution >= 0.6 is 0 Å². The van der Waals surface area contributed by atoms with Crippen molar-refractivity contribution < 1.29 is 9.59 Å². The van der Waals surface area contributed by atoms with Gasteiger partial charge in [-0.3, -0.25) is 19.4 Å². The molecule has 2 aliphatic rings. The first-order chi connectivity index (χ1) is 14.7. The molecule has 0 aliphatic carbocycles. The van der Waals surface area contributed by atoms with Crippen LogP contribution in [0.2, 0.25) is 0 Å². The quantitative estimate of drug-likeness (QED) is 0.587. The van der Waals surface area contributed by atoms with E-state index in [2.05, 4.69) is 30.9 Å². The van der Waals surface area contributed by atoms with Gasteiger partial charge in [-0.2, -0.15) is 14.6 Å². The number of piperazine rings is 1. The molecule has 9 heteroatoms. The van der Waals surface area contributed by atoms with E-state index in [1.807, 2.05) is 30.3 Å². The van der Waals surface area contributed by atoms with Crippen LogP contribution in [0.4, 0.5) is 5.82 Å². The van der Waals surface area contributed by atoms with Crippen LogP contribution in [0.1, 0.15) is 12.8 Å². The summed E-state index contributed by atoms with van der Waals surface area (Å²) in [5, 5.41) is 4.36. The number of hydrogen-bond donors (Lipinski definition) is 0. The van der Waals surface area contributed by atoms with Crippen molar-refractivity contribution in [2.24, 2.45) is 0 Å². The Morgan fingerprint density at radius 2 is 1.63 bits per heavy atom. The van der Waals surface area contributed by atoms with Crippen molar-refractivity contribution in [3.63, 3.8) is 0 Å². The largest absolute Gasteiger partial charge is 0.354 e. The van der Waals surface area contributed by atoms with Gasteiger partial charge in [0.15, 0.2) is 0 Å². The fraction of sp³-hybridized carbons (Fsp3) is 0.381. The van der Waals surface area contributed by atoms with Crippen LogP contribution in [0.15, 0.2) is 42.7 Å². The lowest BCUT2D eigenvalue weighted by atomic mass is 10.1. The average Bonchev–Trinajstić information content (AvgIpc) is 3.39. The van der Waals surface area contributed by atoms with Crippen molar-refractivity contribution in [1.82, 2.24) is 29.4 Å². The Kier molecular flexibility index (Phi) is 4.88. The van der Waals surface area contributed by atoms with E-state index >= 15 is 0 Å². The minimum Gasteiger partial charge on any atom is -0.354 e. The molecule has 0 unspecified atom stereocenters. The summed E-state index contributed by atoms with van der Waals surface area (Å²) < 4.78 is 1.78. The van der Waals surface area contributed by atoms with Crippen LogP contribution in [0, 0.1) is 0 Å². The van der Waals surface area contributed by atoms with Gasteiger partial charge in [0.25, 0.3) is 5.78 Å². The smallest absolute Gasteiger partial charge is 0.254 e. The number of carbonyl (C=O) groups excluding carboxylic acids is 2. The standard InChI is InChI=1S/C21H23N7O2/c29-19-6-7-20(30)27(19)13-10-25-8-11-26(12-9-25)18-14-17(16-4-2-1-3-5-16)24-21-22-15-23-28(18)21/h1-5,14-15H,6-13H2. The predicted octanol–water partition coefficient (Wildman–Crippen LogP) is 1.06. The molecule has 154 valence electrons. The van der Waals surface area contributed by atoms with Crippen LogP contribution < -0.4 is 4.90 Å². The van der Waals surface area contributed by atoms with Gasteiger partial charge in [0, 0.05) is 63.7 Å². The number of aromatic nitrogens is 4. The topological polar surface area (TPSA) is 86.9 Å². The maximum Gasteiger partial charge on any atom is 0.254 e. The second kappa shape index (κ2) is 7.83.